The largest absolute Gasteiger partial charge is 0.325 e. The molecule has 24 heavy (non-hydrogen) atoms. The van der Waals surface area contributed by atoms with Gasteiger partial charge in [-0.15, -0.1) is 11.6 Å². The van der Waals surface area contributed by atoms with Gasteiger partial charge in [-0.05, 0) is 36.4 Å². The number of halogens is 1. The van der Waals surface area contributed by atoms with Crippen molar-refractivity contribution in [3.8, 4) is 22.6 Å². The average molecular weight is 341 g/mol. The Morgan fingerprint density at radius 1 is 1.08 bits per heavy atom. The van der Waals surface area contributed by atoms with Crippen molar-refractivity contribution in [3.05, 3.63) is 65.2 Å². The summed E-state index contributed by atoms with van der Waals surface area (Å²) in [4.78, 5) is 34.4. The van der Waals surface area contributed by atoms with Crippen molar-refractivity contribution in [2.24, 2.45) is 0 Å². The third-order valence-corrected chi connectivity index (χ3v) is 3.52. The summed E-state index contributed by atoms with van der Waals surface area (Å²) in [6.07, 6.45) is 3.29. The van der Waals surface area contributed by atoms with Gasteiger partial charge in [0.15, 0.2) is 0 Å². The van der Waals surface area contributed by atoms with Gasteiger partial charge in [-0.2, -0.15) is 0 Å². The minimum absolute atomic E-state index is 0.107. The maximum Gasteiger partial charge on any atom is 0.251 e. The van der Waals surface area contributed by atoms with Crippen molar-refractivity contribution in [2.45, 2.75) is 0 Å². The van der Waals surface area contributed by atoms with Gasteiger partial charge in [0, 0.05) is 35.3 Å². The van der Waals surface area contributed by atoms with Gasteiger partial charge < -0.3 is 10.3 Å². The van der Waals surface area contributed by atoms with Gasteiger partial charge in [-0.3, -0.25) is 14.6 Å². The quantitative estimate of drug-likeness (QED) is 0.715. The molecule has 0 fully saturated rings. The van der Waals surface area contributed by atoms with Crippen LogP contribution in [0.2, 0.25) is 0 Å². The van der Waals surface area contributed by atoms with E-state index in [9.17, 15) is 9.59 Å². The van der Waals surface area contributed by atoms with Gasteiger partial charge in [0.25, 0.3) is 5.56 Å². The molecule has 0 aliphatic rings. The van der Waals surface area contributed by atoms with E-state index in [1.807, 2.05) is 0 Å². The van der Waals surface area contributed by atoms with Gasteiger partial charge >= 0.3 is 0 Å². The second-order valence-corrected chi connectivity index (χ2v) is 5.24. The Kier molecular flexibility index (Phi) is 4.67. The highest BCUT2D eigenvalue weighted by molar-refractivity contribution is 6.29. The maximum absolute atomic E-state index is 11.9. The van der Waals surface area contributed by atoms with Crippen molar-refractivity contribution < 1.29 is 4.79 Å². The molecule has 0 aliphatic heterocycles. The molecule has 0 saturated carbocycles. The molecule has 2 aromatic heterocycles. The van der Waals surface area contributed by atoms with Crippen LogP contribution < -0.4 is 10.9 Å². The molecule has 0 unspecified atom stereocenters. The van der Waals surface area contributed by atoms with Crippen LogP contribution in [0, 0.1) is 0 Å². The molecule has 0 spiro atoms. The molecule has 3 aromatic rings. The first-order chi connectivity index (χ1) is 11.7. The topological polar surface area (TPSA) is 87.7 Å². The number of rotatable bonds is 4. The molecule has 2 heterocycles. The highest BCUT2D eigenvalue weighted by Gasteiger charge is 2.07. The normalized spacial score (nSPS) is 10.4. The van der Waals surface area contributed by atoms with E-state index in [4.69, 9.17) is 11.6 Å². The number of hydrogen-bond donors (Lipinski definition) is 2. The summed E-state index contributed by atoms with van der Waals surface area (Å²) in [5.74, 6) is 0.0603. The molecular weight excluding hydrogens is 328 g/mol. The van der Waals surface area contributed by atoms with Crippen LogP contribution in [0.3, 0.4) is 0 Å². The monoisotopic (exact) mass is 340 g/mol. The zero-order valence-corrected chi connectivity index (χ0v) is 13.2. The van der Waals surface area contributed by atoms with E-state index < -0.39 is 0 Å². The first-order valence-corrected chi connectivity index (χ1v) is 7.67. The lowest BCUT2D eigenvalue weighted by atomic mass is 10.1. The number of nitrogens with zero attached hydrogens (tertiary/aromatic N) is 2. The minimum atomic E-state index is -0.282. The summed E-state index contributed by atoms with van der Waals surface area (Å²) >= 11 is 5.46. The molecule has 0 aliphatic carbocycles. The van der Waals surface area contributed by atoms with E-state index in [1.54, 1.807) is 48.8 Å². The Hall–Kier alpha value is -2.99. The summed E-state index contributed by atoms with van der Waals surface area (Å²) in [6.45, 7) is 0. The maximum atomic E-state index is 11.9. The van der Waals surface area contributed by atoms with Crippen LogP contribution in [0.4, 0.5) is 5.69 Å². The number of anilines is 1. The highest BCUT2D eigenvalue weighted by atomic mass is 35.5. The smallest absolute Gasteiger partial charge is 0.251 e. The van der Waals surface area contributed by atoms with E-state index in [2.05, 4.69) is 20.3 Å². The number of carbonyl (C=O) groups excluding carboxylic acids is 1. The van der Waals surface area contributed by atoms with Crippen molar-refractivity contribution in [3.63, 3.8) is 0 Å². The number of aromatic nitrogens is 3. The Bertz CT molecular complexity index is 908. The second-order valence-electron chi connectivity index (χ2n) is 4.97. The Balaban J connectivity index is 1.93. The molecule has 6 nitrogen and oxygen atoms in total. The van der Waals surface area contributed by atoms with E-state index in [0.717, 1.165) is 11.1 Å². The minimum Gasteiger partial charge on any atom is -0.325 e. The molecule has 0 atom stereocenters. The van der Waals surface area contributed by atoms with Crippen LogP contribution >= 0.6 is 11.6 Å². The van der Waals surface area contributed by atoms with Crippen LogP contribution in [0.25, 0.3) is 22.6 Å². The highest BCUT2D eigenvalue weighted by Crippen LogP contribution is 2.20. The van der Waals surface area contributed by atoms with Crippen LogP contribution in [0.1, 0.15) is 0 Å². The summed E-state index contributed by atoms with van der Waals surface area (Å²) in [5.41, 5.74) is 2.48. The lowest BCUT2D eigenvalue weighted by molar-refractivity contribution is -0.113. The number of nitrogens with one attached hydrogen (secondary N) is 2. The van der Waals surface area contributed by atoms with Gasteiger partial charge in [0.05, 0.1) is 5.69 Å². The Labute approximate surface area is 142 Å². The molecule has 3 rings (SSSR count). The lowest BCUT2D eigenvalue weighted by Gasteiger charge is -2.06. The number of carbonyl (C=O) groups is 1. The number of alkyl halides is 1. The fraction of sp³-hybridized carbons (Fsp3) is 0.0588. The lowest BCUT2D eigenvalue weighted by Crippen LogP contribution is -2.12. The molecule has 0 saturated heterocycles. The fourth-order valence-electron chi connectivity index (χ4n) is 2.17. The van der Waals surface area contributed by atoms with Gasteiger partial charge in [0.1, 0.15) is 11.7 Å². The van der Waals surface area contributed by atoms with E-state index in [0.29, 0.717) is 17.2 Å². The van der Waals surface area contributed by atoms with Crippen LogP contribution in [-0.2, 0) is 4.79 Å². The Morgan fingerprint density at radius 3 is 2.46 bits per heavy atom. The van der Waals surface area contributed by atoms with Crippen molar-refractivity contribution in [2.75, 3.05) is 11.2 Å². The molecule has 120 valence electrons. The molecule has 0 bridgehead atoms. The van der Waals surface area contributed by atoms with Crippen LogP contribution in [0.15, 0.2) is 59.7 Å². The van der Waals surface area contributed by atoms with Crippen LogP contribution in [0.5, 0.6) is 0 Å². The van der Waals surface area contributed by atoms with Crippen molar-refractivity contribution >= 4 is 23.2 Å². The molecule has 2 N–H and O–H groups in total. The molecule has 0 radical (unpaired) electrons. The SMILES string of the molecule is O=C(CCl)Nc1ccc(-c2nc(-c3ccncc3)cc(=O)[nH]2)cc1. The zero-order chi connectivity index (χ0) is 16.9. The summed E-state index contributed by atoms with van der Waals surface area (Å²) in [5, 5.41) is 2.65. The van der Waals surface area contributed by atoms with Gasteiger partial charge in [0.2, 0.25) is 5.91 Å². The molecule has 1 amide bonds. The van der Waals surface area contributed by atoms with Crippen molar-refractivity contribution in [1.29, 1.82) is 0 Å². The molecular formula is C17H13ClN4O2. The predicted octanol–water partition coefficient (Wildman–Crippen LogP) is 2.68. The number of hydrogen-bond acceptors (Lipinski definition) is 4. The van der Waals surface area contributed by atoms with Crippen molar-refractivity contribution in [1.82, 2.24) is 15.0 Å². The molecule has 1 aromatic carbocycles. The predicted molar refractivity (Wildman–Crippen MR) is 92.9 cm³/mol. The van der Waals surface area contributed by atoms with E-state index >= 15 is 0 Å². The number of benzene rings is 1. The van der Waals surface area contributed by atoms with Gasteiger partial charge in [-0.1, -0.05) is 0 Å². The van der Waals surface area contributed by atoms with Gasteiger partial charge in [-0.25, -0.2) is 4.98 Å². The number of amides is 1. The third-order valence-electron chi connectivity index (χ3n) is 3.28. The standard InChI is InChI=1S/C17H13ClN4O2/c18-10-16(24)20-13-3-1-12(2-4-13)17-21-14(9-15(23)22-17)11-5-7-19-8-6-11/h1-9H,10H2,(H,20,24)(H,21,22,23). The molecule has 7 heteroatoms. The number of aromatic amines is 1. The zero-order valence-electron chi connectivity index (χ0n) is 12.5. The second kappa shape index (κ2) is 7.06. The van der Waals surface area contributed by atoms with E-state index in [1.165, 1.54) is 6.07 Å². The summed E-state index contributed by atoms with van der Waals surface area (Å²) < 4.78 is 0. The van der Waals surface area contributed by atoms with E-state index in [-0.39, 0.29) is 17.3 Å². The number of H-pyrrole nitrogens is 1. The van der Waals surface area contributed by atoms with Crippen LogP contribution in [-0.4, -0.2) is 26.7 Å². The fourth-order valence-corrected chi connectivity index (χ4v) is 2.24. The third kappa shape index (κ3) is 3.67. The average Bonchev–Trinajstić information content (AvgIpc) is 2.62. The first kappa shape index (κ1) is 15.9. The number of pyridine rings is 1. The summed E-state index contributed by atoms with van der Waals surface area (Å²) in [7, 11) is 0. The Morgan fingerprint density at radius 2 is 1.79 bits per heavy atom. The first-order valence-electron chi connectivity index (χ1n) is 7.14. The summed E-state index contributed by atoms with van der Waals surface area (Å²) in [6, 6.07) is 12.0.